The zero-order valence-electron chi connectivity index (χ0n) is 10.7. The van der Waals surface area contributed by atoms with Crippen LogP contribution < -0.4 is 20.9 Å². The Hall–Kier alpha value is -2.41. The van der Waals surface area contributed by atoms with E-state index in [4.69, 9.17) is 10.6 Å². The molecule has 7 heteroatoms. The predicted octanol–water partition coefficient (Wildman–Crippen LogP) is 1.30. The van der Waals surface area contributed by atoms with Crippen LogP contribution in [0.1, 0.15) is 5.56 Å². The van der Waals surface area contributed by atoms with Gasteiger partial charge in [0.25, 0.3) is 0 Å². The molecule has 0 unspecified atom stereocenters. The maximum absolute atomic E-state index is 13.9. The third-order valence-corrected chi connectivity index (χ3v) is 3.11. The van der Waals surface area contributed by atoms with Crippen LogP contribution in [0.3, 0.4) is 0 Å². The summed E-state index contributed by atoms with van der Waals surface area (Å²) < 4.78 is 19.6. The minimum Gasteiger partial charge on any atom is -0.491 e. The van der Waals surface area contributed by atoms with Gasteiger partial charge < -0.3 is 9.64 Å². The van der Waals surface area contributed by atoms with Gasteiger partial charge in [0.1, 0.15) is 12.4 Å². The number of hydrogen-bond donors (Lipinski definition) is 2. The molecule has 0 fully saturated rings. The quantitative estimate of drug-likeness (QED) is 0.635. The second-order valence-corrected chi connectivity index (χ2v) is 4.39. The van der Waals surface area contributed by atoms with Crippen molar-refractivity contribution >= 4 is 11.8 Å². The number of nitrogens with one attached hydrogen (secondary N) is 1. The first kappa shape index (κ1) is 12.6. The summed E-state index contributed by atoms with van der Waals surface area (Å²) in [5, 5.41) is 0. The molecule has 6 nitrogen and oxygen atoms in total. The highest BCUT2D eigenvalue weighted by Gasteiger charge is 2.19. The van der Waals surface area contributed by atoms with E-state index in [2.05, 4.69) is 15.4 Å². The molecular formula is C13H14FN5O. The number of anilines is 2. The third kappa shape index (κ3) is 2.35. The summed E-state index contributed by atoms with van der Waals surface area (Å²) in [5.74, 6) is 6.00. The lowest BCUT2D eigenvalue weighted by molar-refractivity contribution is 0.331. The van der Waals surface area contributed by atoms with Crippen molar-refractivity contribution in [3.05, 3.63) is 41.8 Å². The SMILES string of the molecule is NNc1ncc(F)c(N2CCOc3ccccc3C2)n1. The first-order valence-corrected chi connectivity index (χ1v) is 6.23. The van der Waals surface area contributed by atoms with Crippen LogP contribution in [-0.4, -0.2) is 23.1 Å². The van der Waals surface area contributed by atoms with Crippen LogP contribution in [-0.2, 0) is 6.54 Å². The Labute approximate surface area is 115 Å². The van der Waals surface area contributed by atoms with E-state index in [-0.39, 0.29) is 11.8 Å². The van der Waals surface area contributed by atoms with Gasteiger partial charge in [-0.3, -0.25) is 5.43 Å². The van der Waals surface area contributed by atoms with Gasteiger partial charge in [0.05, 0.1) is 12.7 Å². The van der Waals surface area contributed by atoms with Gasteiger partial charge in [-0.2, -0.15) is 4.98 Å². The number of fused-ring (bicyclic) bond motifs is 1. The molecule has 0 saturated carbocycles. The minimum atomic E-state index is -0.483. The maximum atomic E-state index is 13.9. The van der Waals surface area contributed by atoms with E-state index >= 15 is 0 Å². The molecule has 0 spiro atoms. The Morgan fingerprint density at radius 2 is 2.20 bits per heavy atom. The number of nitrogens with zero attached hydrogens (tertiary/aromatic N) is 3. The Morgan fingerprint density at radius 3 is 3.05 bits per heavy atom. The fourth-order valence-corrected chi connectivity index (χ4v) is 2.16. The van der Waals surface area contributed by atoms with Crippen LogP contribution in [0.4, 0.5) is 16.2 Å². The summed E-state index contributed by atoms with van der Waals surface area (Å²) in [7, 11) is 0. The number of hydrogen-bond acceptors (Lipinski definition) is 6. The highest BCUT2D eigenvalue weighted by Crippen LogP contribution is 2.26. The first-order valence-electron chi connectivity index (χ1n) is 6.23. The van der Waals surface area contributed by atoms with Gasteiger partial charge in [0, 0.05) is 12.1 Å². The topological polar surface area (TPSA) is 76.3 Å². The van der Waals surface area contributed by atoms with E-state index in [1.165, 1.54) is 0 Å². The molecule has 3 N–H and O–H groups in total. The number of nitrogens with two attached hydrogens (primary N) is 1. The van der Waals surface area contributed by atoms with E-state index in [0.29, 0.717) is 19.7 Å². The lowest BCUT2D eigenvalue weighted by Crippen LogP contribution is -2.28. The molecule has 20 heavy (non-hydrogen) atoms. The van der Waals surface area contributed by atoms with Crippen molar-refractivity contribution in [1.29, 1.82) is 0 Å². The second-order valence-electron chi connectivity index (χ2n) is 4.39. The van der Waals surface area contributed by atoms with E-state index in [9.17, 15) is 4.39 Å². The smallest absolute Gasteiger partial charge is 0.239 e. The van der Waals surface area contributed by atoms with Gasteiger partial charge >= 0.3 is 0 Å². The van der Waals surface area contributed by atoms with Gasteiger partial charge in [-0.15, -0.1) is 0 Å². The molecular weight excluding hydrogens is 261 g/mol. The maximum Gasteiger partial charge on any atom is 0.239 e. The van der Waals surface area contributed by atoms with Crippen molar-refractivity contribution < 1.29 is 9.13 Å². The number of aromatic nitrogens is 2. The second kappa shape index (κ2) is 5.30. The van der Waals surface area contributed by atoms with Gasteiger partial charge in [0.2, 0.25) is 5.95 Å². The molecule has 0 saturated heterocycles. The number of nitrogen functional groups attached to an aromatic ring is 1. The Bertz CT molecular complexity index is 621. The third-order valence-electron chi connectivity index (χ3n) is 3.11. The van der Waals surface area contributed by atoms with Crippen LogP contribution in [0.15, 0.2) is 30.5 Å². The van der Waals surface area contributed by atoms with Crippen LogP contribution in [0.5, 0.6) is 5.75 Å². The normalized spacial score (nSPS) is 14.2. The van der Waals surface area contributed by atoms with Crippen molar-refractivity contribution in [3.63, 3.8) is 0 Å². The zero-order valence-corrected chi connectivity index (χ0v) is 10.7. The average Bonchev–Trinajstić information content (AvgIpc) is 2.70. The summed E-state index contributed by atoms with van der Waals surface area (Å²) in [5.41, 5.74) is 3.31. The van der Waals surface area contributed by atoms with E-state index < -0.39 is 5.82 Å². The van der Waals surface area contributed by atoms with Crippen molar-refractivity contribution in [1.82, 2.24) is 9.97 Å². The molecule has 0 atom stereocenters. The van der Waals surface area contributed by atoms with Gasteiger partial charge in [0.15, 0.2) is 11.6 Å². The van der Waals surface area contributed by atoms with Crippen LogP contribution >= 0.6 is 0 Å². The number of rotatable bonds is 2. The molecule has 2 aromatic rings. The van der Waals surface area contributed by atoms with E-state index in [0.717, 1.165) is 17.5 Å². The molecule has 104 valence electrons. The monoisotopic (exact) mass is 275 g/mol. The first-order chi connectivity index (χ1) is 9.78. The summed E-state index contributed by atoms with van der Waals surface area (Å²) in [4.78, 5) is 9.63. The molecule has 0 aliphatic carbocycles. The van der Waals surface area contributed by atoms with Crippen molar-refractivity contribution in [2.75, 3.05) is 23.5 Å². The average molecular weight is 275 g/mol. The molecule has 2 heterocycles. The number of hydrazine groups is 1. The molecule has 3 rings (SSSR count). The summed E-state index contributed by atoms with van der Waals surface area (Å²) >= 11 is 0. The van der Waals surface area contributed by atoms with Gasteiger partial charge in [-0.25, -0.2) is 15.2 Å². The summed E-state index contributed by atoms with van der Waals surface area (Å²) in [6.45, 7) is 1.52. The molecule has 1 aromatic heterocycles. The predicted molar refractivity (Wildman–Crippen MR) is 72.8 cm³/mol. The van der Waals surface area contributed by atoms with E-state index in [1.807, 2.05) is 29.2 Å². The summed E-state index contributed by atoms with van der Waals surface area (Å²) in [6.07, 6.45) is 1.11. The number of benzene rings is 1. The Balaban J connectivity index is 1.95. The lowest BCUT2D eigenvalue weighted by atomic mass is 10.2. The standard InChI is InChI=1S/C13H14FN5O/c14-10-7-16-13(18-15)17-12(10)19-5-6-20-11-4-2-1-3-9(11)8-19/h1-4,7H,5-6,8,15H2,(H,16,17,18). The fourth-order valence-electron chi connectivity index (χ4n) is 2.16. The highest BCUT2D eigenvalue weighted by atomic mass is 19.1. The zero-order chi connectivity index (χ0) is 13.9. The molecule has 0 bridgehead atoms. The van der Waals surface area contributed by atoms with Gasteiger partial charge in [-0.05, 0) is 6.07 Å². The van der Waals surface area contributed by atoms with Crippen LogP contribution in [0.2, 0.25) is 0 Å². The number of para-hydroxylation sites is 1. The molecule has 1 aromatic carbocycles. The van der Waals surface area contributed by atoms with E-state index in [1.54, 1.807) is 0 Å². The lowest BCUT2D eigenvalue weighted by Gasteiger charge is -2.21. The number of halogens is 1. The summed E-state index contributed by atoms with van der Waals surface area (Å²) in [6, 6.07) is 7.70. The van der Waals surface area contributed by atoms with Crippen LogP contribution in [0, 0.1) is 5.82 Å². The molecule has 1 aliphatic heterocycles. The Morgan fingerprint density at radius 1 is 1.35 bits per heavy atom. The number of ether oxygens (including phenoxy) is 1. The Kier molecular flexibility index (Phi) is 3.34. The largest absolute Gasteiger partial charge is 0.491 e. The highest BCUT2D eigenvalue weighted by molar-refractivity contribution is 5.47. The minimum absolute atomic E-state index is 0.180. The van der Waals surface area contributed by atoms with Crippen LogP contribution in [0.25, 0.3) is 0 Å². The molecule has 0 amide bonds. The fraction of sp³-hybridized carbons (Fsp3) is 0.231. The van der Waals surface area contributed by atoms with Gasteiger partial charge in [-0.1, -0.05) is 18.2 Å². The van der Waals surface area contributed by atoms with Crippen molar-refractivity contribution in [3.8, 4) is 5.75 Å². The van der Waals surface area contributed by atoms with Crippen molar-refractivity contribution in [2.24, 2.45) is 5.84 Å². The molecule has 1 aliphatic rings. The molecule has 0 radical (unpaired) electrons. The van der Waals surface area contributed by atoms with Crippen molar-refractivity contribution in [2.45, 2.75) is 6.54 Å².